The van der Waals surface area contributed by atoms with Crippen LogP contribution in [-0.2, 0) is 19.7 Å². The summed E-state index contributed by atoms with van der Waals surface area (Å²) in [6, 6.07) is 13.0. The minimum Gasteiger partial charge on any atom is -0.497 e. The minimum atomic E-state index is -0.414. The summed E-state index contributed by atoms with van der Waals surface area (Å²) in [4.78, 5) is 28.5. The molecule has 1 aromatic heterocycles. The largest absolute Gasteiger partial charge is 0.497 e. The van der Waals surface area contributed by atoms with Crippen LogP contribution >= 0.6 is 23.4 Å². The highest BCUT2D eigenvalue weighted by molar-refractivity contribution is 8.00. The molecule has 0 aliphatic carbocycles. The van der Waals surface area contributed by atoms with Gasteiger partial charge < -0.3 is 19.5 Å². The molecule has 11 heteroatoms. The Labute approximate surface area is 250 Å². The van der Waals surface area contributed by atoms with Gasteiger partial charge in [0, 0.05) is 36.8 Å². The number of thioether (sulfide) groups is 1. The number of rotatable bonds is 10. The van der Waals surface area contributed by atoms with E-state index in [2.05, 4.69) is 26.1 Å². The molecule has 0 saturated carbocycles. The summed E-state index contributed by atoms with van der Waals surface area (Å²) in [7, 11) is 4.86. The molecule has 2 heterocycles. The summed E-state index contributed by atoms with van der Waals surface area (Å²) in [5.74, 6) is 1.51. The molecule has 3 aromatic rings. The zero-order chi connectivity index (χ0) is 29.7. The van der Waals surface area contributed by atoms with E-state index in [-0.39, 0.29) is 29.4 Å². The second-order valence-electron chi connectivity index (χ2n) is 10.7. The van der Waals surface area contributed by atoms with E-state index in [1.807, 2.05) is 36.4 Å². The van der Waals surface area contributed by atoms with Crippen LogP contribution in [0.25, 0.3) is 5.69 Å². The number of nitrogens with one attached hydrogen (secondary N) is 1. The van der Waals surface area contributed by atoms with Gasteiger partial charge in [0.2, 0.25) is 11.8 Å². The molecule has 0 saturated heterocycles. The zero-order valence-corrected chi connectivity index (χ0v) is 25.9. The molecule has 1 aliphatic heterocycles. The van der Waals surface area contributed by atoms with Gasteiger partial charge in [-0.05, 0) is 36.8 Å². The number of carbonyl (C=O) groups is 2. The normalized spacial score (nSPS) is 15.3. The molecule has 4 rings (SSSR count). The Morgan fingerprint density at radius 3 is 2.56 bits per heavy atom. The van der Waals surface area contributed by atoms with Crippen LogP contribution in [0.2, 0.25) is 5.02 Å². The molecule has 1 N–H and O–H groups in total. The Morgan fingerprint density at radius 2 is 1.90 bits per heavy atom. The number of carbonyl (C=O) groups excluding carboxylic acids is 2. The number of nitrogens with zero attached hydrogens (tertiary/aromatic N) is 3. The lowest BCUT2D eigenvalue weighted by atomic mass is 9.87. The fourth-order valence-corrected chi connectivity index (χ4v) is 6.23. The third-order valence-corrected chi connectivity index (χ3v) is 8.30. The first-order valence-corrected chi connectivity index (χ1v) is 14.8. The highest BCUT2D eigenvalue weighted by Crippen LogP contribution is 2.51. The average Bonchev–Trinajstić information content (AvgIpc) is 3.28. The molecule has 0 spiro atoms. The van der Waals surface area contributed by atoms with Gasteiger partial charge in [0.1, 0.15) is 23.9 Å². The van der Waals surface area contributed by atoms with Crippen molar-refractivity contribution in [3.8, 4) is 17.2 Å². The molecule has 0 radical (unpaired) electrons. The Kier molecular flexibility index (Phi) is 9.88. The molecule has 9 nitrogen and oxygen atoms in total. The second-order valence-corrected chi connectivity index (χ2v) is 12.2. The number of fused-ring (bicyclic) bond motifs is 1. The predicted octanol–water partition coefficient (Wildman–Crippen LogP) is 5.16. The number of para-hydroxylation sites is 1. The SMILES string of the molecule is COCCCNC(=O)CN1C(=O)CSC(c2cc(OC)ccc2OC)c2c(C(C)(C)C)nn(-c3ccccc3Cl)c21. The van der Waals surface area contributed by atoms with Gasteiger partial charge >= 0.3 is 0 Å². The molecule has 220 valence electrons. The Hall–Kier alpha value is -3.21. The predicted molar refractivity (Wildman–Crippen MR) is 163 cm³/mol. The monoisotopic (exact) mass is 600 g/mol. The van der Waals surface area contributed by atoms with Crippen molar-refractivity contribution in [2.45, 2.75) is 37.9 Å². The van der Waals surface area contributed by atoms with Crippen molar-refractivity contribution >= 4 is 41.0 Å². The Morgan fingerprint density at radius 1 is 1.15 bits per heavy atom. The van der Waals surface area contributed by atoms with Gasteiger partial charge in [-0.1, -0.05) is 44.5 Å². The van der Waals surface area contributed by atoms with Crippen LogP contribution in [-0.4, -0.2) is 68.4 Å². The third-order valence-electron chi connectivity index (χ3n) is 6.75. The number of hydrogen-bond acceptors (Lipinski definition) is 7. The molecule has 0 fully saturated rings. The number of hydrogen-bond donors (Lipinski definition) is 1. The molecule has 1 aliphatic rings. The first kappa shape index (κ1) is 30.7. The van der Waals surface area contributed by atoms with Crippen molar-refractivity contribution < 1.29 is 23.8 Å². The molecular formula is C30H37ClN4O5S. The van der Waals surface area contributed by atoms with Crippen LogP contribution in [0.4, 0.5) is 5.82 Å². The maximum atomic E-state index is 13.8. The first-order chi connectivity index (χ1) is 19.6. The minimum absolute atomic E-state index is 0.142. The van der Waals surface area contributed by atoms with Crippen molar-refractivity contribution in [2.75, 3.05) is 51.7 Å². The van der Waals surface area contributed by atoms with Gasteiger partial charge in [-0.25, -0.2) is 4.68 Å². The topological polar surface area (TPSA) is 94.9 Å². The van der Waals surface area contributed by atoms with Crippen LogP contribution < -0.4 is 19.7 Å². The van der Waals surface area contributed by atoms with Gasteiger partial charge in [-0.3, -0.25) is 14.5 Å². The molecule has 41 heavy (non-hydrogen) atoms. The highest BCUT2D eigenvalue weighted by Gasteiger charge is 2.41. The van der Waals surface area contributed by atoms with Crippen LogP contribution in [0.5, 0.6) is 11.5 Å². The average molecular weight is 601 g/mol. The van der Waals surface area contributed by atoms with Crippen molar-refractivity contribution in [3.63, 3.8) is 0 Å². The summed E-state index contributed by atoms with van der Waals surface area (Å²) in [5.41, 5.74) is 2.66. The smallest absolute Gasteiger partial charge is 0.240 e. The number of ether oxygens (including phenoxy) is 3. The number of aromatic nitrogens is 2. The Balaban J connectivity index is 1.97. The van der Waals surface area contributed by atoms with E-state index in [1.54, 1.807) is 32.1 Å². The molecule has 1 unspecified atom stereocenters. The third kappa shape index (κ3) is 6.66. The number of anilines is 1. The van der Waals surface area contributed by atoms with Gasteiger partial charge in [0.25, 0.3) is 0 Å². The summed E-state index contributed by atoms with van der Waals surface area (Å²) >= 11 is 8.17. The van der Waals surface area contributed by atoms with Crippen LogP contribution in [0, 0.1) is 0 Å². The van der Waals surface area contributed by atoms with Gasteiger partial charge in [0.05, 0.1) is 41.6 Å². The highest BCUT2D eigenvalue weighted by atomic mass is 35.5. The zero-order valence-electron chi connectivity index (χ0n) is 24.3. The van der Waals surface area contributed by atoms with E-state index in [9.17, 15) is 9.59 Å². The van der Waals surface area contributed by atoms with Gasteiger partial charge in [-0.15, -0.1) is 11.8 Å². The standard InChI is InChI=1S/C30H37ClN4O5S/c1-30(2,3)28-26-27(20-16-19(39-5)12-13-23(20)40-6)41-18-25(37)34(17-24(36)32-14-9-15-38-4)29(26)35(33-28)22-11-8-7-10-21(22)31/h7-8,10-13,16,27H,9,14-15,17-18H2,1-6H3,(H,32,36). The van der Waals surface area contributed by atoms with E-state index in [0.717, 1.165) is 16.8 Å². The van der Waals surface area contributed by atoms with Crippen LogP contribution in [0.3, 0.4) is 0 Å². The lowest BCUT2D eigenvalue weighted by molar-refractivity contribution is -0.122. The van der Waals surface area contributed by atoms with Crippen molar-refractivity contribution in [2.24, 2.45) is 0 Å². The maximum absolute atomic E-state index is 13.8. The molecule has 2 aromatic carbocycles. The number of benzene rings is 2. The van der Waals surface area contributed by atoms with E-state index in [4.69, 9.17) is 30.9 Å². The number of methoxy groups -OCH3 is 3. The van der Waals surface area contributed by atoms with Crippen molar-refractivity contribution in [3.05, 3.63) is 64.3 Å². The number of amides is 2. The van der Waals surface area contributed by atoms with E-state index in [0.29, 0.717) is 47.6 Å². The lowest BCUT2D eigenvalue weighted by Crippen LogP contribution is -2.42. The van der Waals surface area contributed by atoms with Crippen LogP contribution in [0.1, 0.15) is 49.3 Å². The lowest BCUT2D eigenvalue weighted by Gasteiger charge is -2.25. The van der Waals surface area contributed by atoms with E-state index < -0.39 is 5.41 Å². The van der Waals surface area contributed by atoms with Gasteiger partial charge in [0.15, 0.2) is 0 Å². The molecular weight excluding hydrogens is 564 g/mol. The van der Waals surface area contributed by atoms with E-state index >= 15 is 0 Å². The number of halogens is 1. The second kappa shape index (κ2) is 13.2. The van der Waals surface area contributed by atoms with E-state index in [1.165, 1.54) is 16.7 Å². The quantitative estimate of drug-likeness (QED) is 0.321. The maximum Gasteiger partial charge on any atom is 0.240 e. The first-order valence-electron chi connectivity index (χ1n) is 13.4. The molecule has 0 bridgehead atoms. The van der Waals surface area contributed by atoms with Crippen molar-refractivity contribution in [1.29, 1.82) is 0 Å². The summed E-state index contributed by atoms with van der Waals surface area (Å²) in [5, 5.41) is 8.13. The van der Waals surface area contributed by atoms with Crippen LogP contribution in [0.15, 0.2) is 42.5 Å². The Bertz CT molecular complexity index is 1400. The fourth-order valence-electron chi connectivity index (χ4n) is 4.80. The summed E-state index contributed by atoms with van der Waals surface area (Å²) in [6.45, 7) is 7.05. The summed E-state index contributed by atoms with van der Waals surface area (Å²) < 4.78 is 18.1. The van der Waals surface area contributed by atoms with Crippen molar-refractivity contribution in [1.82, 2.24) is 15.1 Å². The fraction of sp³-hybridized carbons (Fsp3) is 0.433. The molecule has 2 amide bonds. The summed E-state index contributed by atoms with van der Waals surface area (Å²) in [6.07, 6.45) is 0.667. The molecule has 1 atom stereocenters. The van der Waals surface area contributed by atoms with Gasteiger partial charge in [-0.2, -0.15) is 5.10 Å².